The summed E-state index contributed by atoms with van der Waals surface area (Å²) >= 11 is 0. The zero-order valence-electron chi connectivity index (χ0n) is 10.7. The van der Waals surface area contributed by atoms with Crippen molar-refractivity contribution in [1.29, 1.82) is 0 Å². The Morgan fingerprint density at radius 2 is 1.89 bits per heavy atom. The number of rotatable bonds is 2. The van der Waals surface area contributed by atoms with E-state index in [0.717, 1.165) is 40.5 Å². The predicted octanol–water partition coefficient (Wildman–Crippen LogP) is 3.05. The third kappa shape index (κ3) is 1.26. The molecule has 3 aliphatic rings. The standard InChI is InChI=1S/C16H19NO/c1-8-6-11(4-5-12(8)17)16(18)15-13-9-2-3-10(7-9)14(13)15/h4-6,9-10,13-15H,2-3,7,17H2,1H3. The Morgan fingerprint density at radius 1 is 1.22 bits per heavy atom. The van der Waals surface area contributed by atoms with Crippen LogP contribution in [0.2, 0.25) is 0 Å². The first kappa shape index (κ1) is 10.6. The molecular weight excluding hydrogens is 222 g/mol. The van der Waals surface area contributed by atoms with Gasteiger partial charge in [-0.2, -0.15) is 0 Å². The first-order valence-electron chi connectivity index (χ1n) is 7.07. The molecule has 3 fully saturated rings. The van der Waals surface area contributed by atoms with Crippen molar-refractivity contribution in [3.05, 3.63) is 29.3 Å². The zero-order chi connectivity index (χ0) is 12.4. The fraction of sp³-hybridized carbons (Fsp3) is 0.562. The van der Waals surface area contributed by atoms with E-state index in [1.807, 2.05) is 25.1 Å². The lowest BCUT2D eigenvalue weighted by molar-refractivity contribution is 0.0944. The number of nitrogen functional groups attached to an aromatic ring is 1. The van der Waals surface area contributed by atoms with E-state index in [9.17, 15) is 4.79 Å². The van der Waals surface area contributed by atoms with E-state index >= 15 is 0 Å². The summed E-state index contributed by atoms with van der Waals surface area (Å²) in [6, 6.07) is 5.74. The van der Waals surface area contributed by atoms with Crippen molar-refractivity contribution in [3.8, 4) is 0 Å². The lowest BCUT2D eigenvalue weighted by Gasteiger charge is -2.09. The molecule has 4 unspecified atom stereocenters. The molecule has 0 amide bonds. The van der Waals surface area contributed by atoms with Crippen LogP contribution in [0, 0.1) is 36.5 Å². The molecule has 0 saturated heterocycles. The molecule has 2 nitrogen and oxygen atoms in total. The van der Waals surface area contributed by atoms with Crippen LogP contribution in [0.4, 0.5) is 5.69 Å². The van der Waals surface area contributed by atoms with Gasteiger partial charge in [0.25, 0.3) is 0 Å². The molecule has 2 bridgehead atoms. The van der Waals surface area contributed by atoms with Crippen LogP contribution in [0.3, 0.4) is 0 Å². The van der Waals surface area contributed by atoms with Crippen molar-refractivity contribution in [2.45, 2.75) is 26.2 Å². The van der Waals surface area contributed by atoms with Crippen molar-refractivity contribution in [2.24, 2.45) is 29.6 Å². The van der Waals surface area contributed by atoms with Crippen LogP contribution in [-0.2, 0) is 0 Å². The van der Waals surface area contributed by atoms with Gasteiger partial charge >= 0.3 is 0 Å². The van der Waals surface area contributed by atoms with Gasteiger partial charge < -0.3 is 5.73 Å². The number of fused-ring (bicyclic) bond motifs is 5. The summed E-state index contributed by atoms with van der Waals surface area (Å²) in [5.41, 5.74) is 8.49. The van der Waals surface area contributed by atoms with Gasteiger partial charge in [-0.05, 0) is 73.6 Å². The Balaban J connectivity index is 1.60. The van der Waals surface area contributed by atoms with Crippen LogP contribution in [0.5, 0.6) is 0 Å². The van der Waals surface area contributed by atoms with Gasteiger partial charge in [0.1, 0.15) is 0 Å². The Labute approximate surface area is 108 Å². The van der Waals surface area contributed by atoms with Crippen LogP contribution >= 0.6 is 0 Å². The topological polar surface area (TPSA) is 43.1 Å². The minimum atomic E-state index is 0.347. The van der Waals surface area contributed by atoms with Crippen LogP contribution in [0.1, 0.15) is 35.2 Å². The smallest absolute Gasteiger partial charge is 0.166 e. The Bertz CT molecular complexity index is 520. The highest BCUT2D eigenvalue weighted by molar-refractivity contribution is 6.00. The molecule has 0 spiro atoms. The number of hydrogen-bond acceptors (Lipinski definition) is 2. The Hall–Kier alpha value is -1.31. The average Bonchev–Trinajstić information content (AvgIpc) is 2.80. The quantitative estimate of drug-likeness (QED) is 0.639. The summed E-state index contributed by atoms with van der Waals surface area (Å²) in [6.45, 7) is 1.98. The number of carbonyl (C=O) groups is 1. The molecule has 1 aromatic carbocycles. The number of benzene rings is 1. The van der Waals surface area contributed by atoms with Crippen LogP contribution in [0.15, 0.2) is 18.2 Å². The molecule has 1 aromatic rings. The molecule has 2 N–H and O–H groups in total. The van der Waals surface area contributed by atoms with E-state index in [1.54, 1.807) is 0 Å². The largest absolute Gasteiger partial charge is 0.399 e. The molecule has 3 saturated carbocycles. The summed E-state index contributed by atoms with van der Waals surface area (Å²) in [5, 5.41) is 0. The second kappa shape index (κ2) is 3.37. The number of nitrogens with two attached hydrogens (primary N) is 1. The maximum absolute atomic E-state index is 12.6. The molecule has 18 heavy (non-hydrogen) atoms. The first-order chi connectivity index (χ1) is 8.66. The van der Waals surface area contributed by atoms with Gasteiger partial charge in [-0.1, -0.05) is 0 Å². The third-order valence-corrected chi connectivity index (χ3v) is 5.59. The minimum Gasteiger partial charge on any atom is -0.399 e. The molecule has 3 aliphatic carbocycles. The maximum Gasteiger partial charge on any atom is 0.166 e. The minimum absolute atomic E-state index is 0.347. The highest BCUT2D eigenvalue weighted by Crippen LogP contribution is 2.69. The summed E-state index contributed by atoms with van der Waals surface area (Å²) in [7, 11) is 0. The van der Waals surface area contributed by atoms with Crippen molar-refractivity contribution in [1.82, 2.24) is 0 Å². The summed E-state index contributed by atoms with van der Waals surface area (Å²) in [6.07, 6.45) is 4.15. The van der Waals surface area contributed by atoms with Crippen LogP contribution in [0.25, 0.3) is 0 Å². The summed E-state index contributed by atoms with van der Waals surface area (Å²) in [5.74, 6) is 3.92. The second-order valence-corrected chi connectivity index (χ2v) is 6.45. The normalized spacial score (nSPS) is 39.7. The molecule has 4 atom stereocenters. The van der Waals surface area contributed by atoms with Crippen molar-refractivity contribution < 1.29 is 4.79 Å². The molecule has 0 heterocycles. The van der Waals surface area contributed by atoms with E-state index < -0.39 is 0 Å². The number of aryl methyl sites for hydroxylation is 1. The third-order valence-electron chi connectivity index (χ3n) is 5.59. The number of carbonyl (C=O) groups excluding carboxylic acids is 1. The monoisotopic (exact) mass is 241 g/mol. The van der Waals surface area contributed by atoms with Crippen LogP contribution < -0.4 is 5.73 Å². The van der Waals surface area contributed by atoms with Crippen molar-refractivity contribution >= 4 is 11.5 Å². The van der Waals surface area contributed by atoms with E-state index in [4.69, 9.17) is 5.73 Å². The molecule has 94 valence electrons. The number of Topliss-reactive ketones (excluding diaryl/α,β-unsaturated/α-hetero) is 1. The van der Waals surface area contributed by atoms with Gasteiger partial charge in [-0.25, -0.2) is 0 Å². The predicted molar refractivity (Wildman–Crippen MR) is 71.2 cm³/mol. The van der Waals surface area contributed by atoms with Gasteiger partial charge in [0.2, 0.25) is 0 Å². The maximum atomic E-state index is 12.6. The van der Waals surface area contributed by atoms with E-state index in [2.05, 4.69) is 0 Å². The van der Waals surface area contributed by atoms with Crippen molar-refractivity contribution in [3.63, 3.8) is 0 Å². The van der Waals surface area contributed by atoms with E-state index in [1.165, 1.54) is 19.3 Å². The van der Waals surface area contributed by atoms with Gasteiger partial charge in [0, 0.05) is 17.2 Å². The fourth-order valence-electron chi connectivity index (χ4n) is 4.70. The zero-order valence-corrected chi connectivity index (χ0v) is 10.7. The second-order valence-electron chi connectivity index (χ2n) is 6.45. The lowest BCUT2D eigenvalue weighted by Crippen LogP contribution is -2.10. The fourth-order valence-corrected chi connectivity index (χ4v) is 4.70. The summed E-state index contributed by atoms with van der Waals surface area (Å²) < 4.78 is 0. The molecule has 0 aliphatic heterocycles. The molecule has 0 radical (unpaired) electrons. The van der Waals surface area contributed by atoms with Crippen LogP contribution in [-0.4, -0.2) is 5.78 Å². The van der Waals surface area contributed by atoms with Crippen molar-refractivity contribution in [2.75, 3.05) is 5.73 Å². The SMILES string of the molecule is Cc1cc(C(=O)C2C3C4CCC(C4)C23)ccc1N. The average molecular weight is 241 g/mol. The Kier molecular flexibility index (Phi) is 1.98. The van der Waals surface area contributed by atoms with E-state index in [-0.39, 0.29) is 0 Å². The molecule has 0 aromatic heterocycles. The molecule has 2 heteroatoms. The molecule has 4 rings (SSSR count). The molecular formula is C16H19NO. The summed E-state index contributed by atoms with van der Waals surface area (Å²) in [4.78, 5) is 12.6. The highest BCUT2D eigenvalue weighted by Gasteiger charge is 2.67. The van der Waals surface area contributed by atoms with Gasteiger partial charge in [0.15, 0.2) is 5.78 Å². The van der Waals surface area contributed by atoms with Gasteiger partial charge in [0.05, 0.1) is 0 Å². The first-order valence-corrected chi connectivity index (χ1v) is 7.07. The van der Waals surface area contributed by atoms with Gasteiger partial charge in [-0.15, -0.1) is 0 Å². The number of ketones is 1. The highest BCUT2D eigenvalue weighted by atomic mass is 16.1. The number of anilines is 1. The number of hydrogen-bond donors (Lipinski definition) is 1. The lowest BCUT2D eigenvalue weighted by atomic mass is 9.95. The van der Waals surface area contributed by atoms with E-state index in [0.29, 0.717) is 11.7 Å². The van der Waals surface area contributed by atoms with Gasteiger partial charge in [-0.3, -0.25) is 4.79 Å². The Morgan fingerprint density at radius 3 is 2.50 bits per heavy atom.